The van der Waals surface area contributed by atoms with Crippen molar-refractivity contribution in [1.82, 2.24) is 0 Å². The topological polar surface area (TPSA) is 30.2 Å². The highest BCUT2D eigenvalue weighted by atomic mass is 16.4. The quantitative estimate of drug-likeness (QED) is 0.235. The van der Waals surface area contributed by atoms with E-state index in [1.165, 1.54) is 16.2 Å². The van der Waals surface area contributed by atoms with E-state index in [0.29, 0.717) is 11.0 Å². The van der Waals surface area contributed by atoms with E-state index >= 15 is 0 Å². The fourth-order valence-corrected chi connectivity index (χ4v) is 4.33. The lowest BCUT2D eigenvalue weighted by Crippen LogP contribution is -2.00. The van der Waals surface area contributed by atoms with Gasteiger partial charge in [-0.15, -0.1) is 0 Å². The minimum absolute atomic E-state index is 0.289. The largest absolute Gasteiger partial charge is 0.422 e. The highest BCUT2D eigenvalue weighted by Gasteiger charge is 2.15. The summed E-state index contributed by atoms with van der Waals surface area (Å²) in [5.74, 6) is 0. The second kappa shape index (κ2) is 5.18. The zero-order valence-corrected chi connectivity index (χ0v) is 14.4. The highest BCUT2D eigenvalue weighted by Crippen LogP contribution is 2.39. The molecule has 1 aromatic heterocycles. The number of hydrogen-bond donors (Lipinski definition) is 0. The molecule has 2 heteroatoms. The molecule has 126 valence electrons. The van der Waals surface area contributed by atoms with Gasteiger partial charge in [0.2, 0.25) is 0 Å². The Hall–Kier alpha value is -3.65. The Labute approximate surface area is 154 Å². The number of rotatable bonds is 0. The Bertz CT molecular complexity index is 1550. The van der Waals surface area contributed by atoms with Crippen LogP contribution in [0.5, 0.6) is 0 Å². The van der Waals surface area contributed by atoms with Crippen molar-refractivity contribution in [1.29, 1.82) is 0 Å². The molecule has 0 saturated carbocycles. The molecule has 2 nitrogen and oxygen atoms in total. The molecule has 0 amide bonds. The number of benzene rings is 5. The predicted molar refractivity (Wildman–Crippen MR) is 113 cm³/mol. The van der Waals surface area contributed by atoms with Crippen molar-refractivity contribution in [2.24, 2.45) is 0 Å². The fraction of sp³-hybridized carbons (Fsp3) is 0. The van der Waals surface area contributed by atoms with Gasteiger partial charge in [0.05, 0.1) is 5.39 Å². The minimum atomic E-state index is -0.289. The molecule has 0 atom stereocenters. The molecule has 1 heterocycles. The van der Waals surface area contributed by atoms with Crippen LogP contribution >= 0.6 is 0 Å². The van der Waals surface area contributed by atoms with Crippen LogP contribution in [-0.4, -0.2) is 0 Å². The molecule has 0 saturated heterocycles. The molecule has 6 aromatic rings. The van der Waals surface area contributed by atoms with E-state index in [4.69, 9.17) is 4.42 Å². The maximum absolute atomic E-state index is 12.7. The summed E-state index contributed by atoms with van der Waals surface area (Å²) >= 11 is 0. The van der Waals surface area contributed by atoms with Crippen molar-refractivity contribution in [2.75, 3.05) is 0 Å². The minimum Gasteiger partial charge on any atom is -0.422 e. The summed E-state index contributed by atoms with van der Waals surface area (Å²) in [6, 6.07) is 28.6. The van der Waals surface area contributed by atoms with Crippen LogP contribution in [0.4, 0.5) is 0 Å². The third-order valence-electron chi connectivity index (χ3n) is 5.49. The van der Waals surface area contributed by atoms with Gasteiger partial charge in [-0.1, -0.05) is 72.8 Å². The van der Waals surface area contributed by atoms with Crippen molar-refractivity contribution < 1.29 is 4.42 Å². The average Bonchev–Trinajstić information content (AvgIpc) is 2.74. The zero-order chi connectivity index (χ0) is 18.0. The summed E-state index contributed by atoms with van der Waals surface area (Å²) in [5.41, 5.74) is 0.376. The third-order valence-corrected chi connectivity index (χ3v) is 5.49. The van der Waals surface area contributed by atoms with E-state index in [1.54, 1.807) is 0 Å². The summed E-state index contributed by atoms with van der Waals surface area (Å²) in [4.78, 5) is 12.7. The maximum atomic E-state index is 12.7. The van der Waals surface area contributed by atoms with Gasteiger partial charge in [-0.25, -0.2) is 4.79 Å². The lowest BCUT2D eigenvalue weighted by Gasteiger charge is -2.12. The number of fused-ring (bicyclic) bond motifs is 10. The molecule has 6 rings (SSSR count). The van der Waals surface area contributed by atoms with Crippen molar-refractivity contribution in [3.05, 3.63) is 95.3 Å². The zero-order valence-electron chi connectivity index (χ0n) is 14.4. The molecule has 5 aromatic carbocycles. The first-order chi connectivity index (χ1) is 13.3. The normalized spacial score (nSPS) is 11.9. The molecule has 0 aliphatic rings. The molecule has 27 heavy (non-hydrogen) atoms. The molecule has 0 fully saturated rings. The average molecular weight is 346 g/mol. The SMILES string of the molecule is O=c1oc2c(ccc3c4ccccc4c4ccccc4c32)c2ccccc12. The highest BCUT2D eigenvalue weighted by molar-refractivity contribution is 6.31. The molecular weight excluding hydrogens is 332 g/mol. The van der Waals surface area contributed by atoms with E-state index in [1.807, 2.05) is 30.3 Å². The molecule has 0 spiro atoms. The van der Waals surface area contributed by atoms with Gasteiger partial charge in [-0.3, -0.25) is 0 Å². The van der Waals surface area contributed by atoms with E-state index in [2.05, 4.69) is 54.6 Å². The molecule has 0 bridgehead atoms. The lowest BCUT2D eigenvalue weighted by atomic mass is 9.92. The van der Waals surface area contributed by atoms with Gasteiger partial charge in [0.25, 0.3) is 0 Å². The van der Waals surface area contributed by atoms with Gasteiger partial charge in [-0.2, -0.15) is 0 Å². The monoisotopic (exact) mass is 346 g/mol. The lowest BCUT2D eigenvalue weighted by molar-refractivity contribution is 0.573. The Balaban J connectivity index is 2.02. The Morgan fingerprint density at radius 2 is 0.852 bits per heavy atom. The van der Waals surface area contributed by atoms with E-state index in [0.717, 1.165) is 26.9 Å². The predicted octanol–water partition coefficient (Wildman–Crippen LogP) is 6.41. The first kappa shape index (κ1) is 14.5. The maximum Gasteiger partial charge on any atom is 0.344 e. The van der Waals surface area contributed by atoms with Crippen LogP contribution in [-0.2, 0) is 0 Å². The smallest absolute Gasteiger partial charge is 0.344 e. The standard InChI is InChI=1S/C25H14O2/c26-25-22-12-6-4-10-18(22)21-14-13-20-17-9-2-1-7-15(17)16-8-3-5-11-19(16)23(20)24(21)27-25/h1-14H. The molecule has 0 N–H and O–H groups in total. The van der Waals surface area contributed by atoms with Gasteiger partial charge in [-0.05, 0) is 44.5 Å². The van der Waals surface area contributed by atoms with Crippen LogP contribution in [0.3, 0.4) is 0 Å². The fourth-order valence-electron chi connectivity index (χ4n) is 4.33. The van der Waals surface area contributed by atoms with Crippen LogP contribution in [0.15, 0.2) is 94.1 Å². The van der Waals surface area contributed by atoms with Crippen molar-refractivity contribution in [2.45, 2.75) is 0 Å². The van der Waals surface area contributed by atoms with Crippen LogP contribution in [0.1, 0.15) is 0 Å². The second-order valence-electron chi connectivity index (χ2n) is 6.89. The van der Waals surface area contributed by atoms with Gasteiger partial charge < -0.3 is 4.42 Å². The first-order valence-electron chi connectivity index (χ1n) is 9.01. The number of hydrogen-bond acceptors (Lipinski definition) is 2. The molecular formula is C25H14O2. The summed E-state index contributed by atoms with van der Waals surface area (Å²) in [6.07, 6.45) is 0. The Morgan fingerprint density at radius 3 is 1.48 bits per heavy atom. The van der Waals surface area contributed by atoms with E-state index < -0.39 is 0 Å². The molecule has 0 radical (unpaired) electrons. The molecule has 0 aliphatic heterocycles. The van der Waals surface area contributed by atoms with Crippen LogP contribution < -0.4 is 5.63 Å². The van der Waals surface area contributed by atoms with Crippen LogP contribution in [0, 0.1) is 0 Å². The summed E-state index contributed by atoms with van der Waals surface area (Å²) in [6.45, 7) is 0. The summed E-state index contributed by atoms with van der Waals surface area (Å²) in [5, 5.41) is 9.29. The van der Waals surface area contributed by atoms with Gasteiger partial charge in [0.1, 0.15) is 5.58 Å². The van der Waals surface area contributed by atoms with Crippen LogP contribution in [0.25, 0.3) is 54.1 Å². The van der Waals surface area contributed by atoms with Crippen molar-refractivity contribution in [3.8, 4) is 0 Å². The van der Waals surface area contributed by atoms with Gasteiger partial charge >= 0.3 is 5.63 Å². The first-order valence-corrected chi connectivity index (χ1v) is 9.01. The summed E-state index contributed by atoms with van der Waals surface area (Å²) in [7, 11) is 0. The van der Waals surface area contributed by atoms with E-state index in [-0.39, 0.29) is 5.63 Å². The van der Waals surface area contributed by atoms with Gasteiger partial charge in [0.15, 0.2) is 0 Å². The third kappa shape index (κ3) is 1.87. The van der Waals surface area contributed by atoms with Crippen molar-refractivity contribution in [3.63, 3.8) is 0 Å². The van der Waals surface area contributed by atoms with Crippen molar-refractivity contribution >= 4 is 54.1 Å². The Kier molecular flexibility index (Phi) is 2.78. The van der Waals surface area contributed by atoms with E-state index in [9.17, 15) is 4.79 Å². The second-order valence-corrected chi connectivity index (χ2v) is 6.89. The van der Waals surface area contributed by atoms with Gasteiger partial charge in [0, 0.05) is 10.8 Å². The summed E-state index contributed by atoms with van der Waals surface area (Å²) < 4.78 is 5.89. The Morgan fingerprint density at radius 1 is 0.444 bits per heavy atom. The molecule has 0 aliphatic carbocycles. The van der Waals surface area contributed by atoms with Crippen LogP contribution in [0.2, 0.25) is 0 Å². The molecule has 0 unspecified atom stereocenters.